The van der Waals surface area contributed by atoms with E-state index < -0.39 is 0 Å². The van der Waals surface area contributed by atoms with E-state index in [9.17, 15) is 4.79 Å². The Labute approximate surface area is 133 Å². The third kappa shape index (κ3) is 4.23. The number of hydrogen-bond acceptors (Lipinski definition) is 1. The van der Waals surface area contributed by atoms with Crippen LogP contribution in [0, 0.1) is 11.8 Å². The number of halogens is 1. The molecular formula is C18H26ClNO. The average molecular weight is 308 g/mol. The number of alkyl halides is 1. The third-order valence-electron chi connectivity index (χ3n) is 4.76. The Hall–Kier alpha value is -1.02. The van der Waals surface area contributed by atoms with Crippen molar-refractivity contribution in [3.05, 3.63) is 35.9 Å². The first-order chi connectivity index (χ1) is 10.1. The predicted octanol–water partition coefficient (Wildman–Crippen LogP) is 4.34. The highest BCUT2D eigenvalue weighted by molar-refractivity contribution is 6.21. The normalized spacial score (nSPS) is 24.5. The molecule has 3 heteroatoms. The van der Waals surface area contributed by atoms with E-state index in [0.717, 1.165) is 24.8 Å². The average Bonchev–Trinajstić information content (AvgIpc) is 2.91. The maximum absolute atomic E-state index is 12.7. The van der Waals surface area contributed by atoms with Gasteiger partial charge in [-0.2, -0.15) is 0 Å². The molecule has 0 aliphatic heterocycles. The molecule has 0 radical (unpaired) electrons. The number of carbonyl (C=O) groups is 1. The van der Waals surface area contributed by atoms with Crippen LogP contribution in [0.25, 0.3) is 0 Å². The molecule has 1 aliphatic rings. The van der Waals surface area contributed by atoms with Gasteiger partial charge in [0.25, 0.3) is 0 Å². The molecule has 21 heavy (non-hydrogen) atoms. The third-order valence-corrected chi connectivity index (χ3v) is 5.33. The summed E-state index contributed by atoms with van der Waals surface area (Å²) in [5, 5.41) is 3.37. The Balaban J connectivity index is 2.01. The zero-order valence-electron chi connectivity index (χ0n) is 13.0. The zero-order chi connectivity index (χ0) is 15.2. The lowest BCUT2D eigenvalue weighted by Gasteiger charge is -2.24. The van der Waals surface area contributed by atoms with Gasteiger partial charge in [0, 0.05) is 11.9 Å². The summed E-state index contributed by atoms with van der Waals surface area (Å²) in [6, 6.07) is 10.1. The highest BCUT2D eigenvalue weighted by Crippen LogP contribution is 2.30. The van der Waals surface area contributed by atoms with Crippen molar-refractivity contribution in [3.63, 3.8) is 0 Å². The standard InChI is InChI=1S/C18H26ClNO/c1-3-13(2)17(14-8-5-4-6-9-14)18(21)20-12-15-10-7-11-16(15)19/h4-6,8-9,13,15-17H,3,7,10-12H2,1-2H3,(H,20,21). The van der Waals surface area contributed by atoms with Crippen LogP contribution in [-0.4, -0.2) is 17.8 Å². The fourth-order valence-electron chi connectivity index (χ4n) is 3.20. The molecule has 2 rings (SSSR count). The summed E-state index contributed by atoms with van der Waals surface area (Å²) in [6.45, 7) is 5.00. The van der Waals surface area contributed by atoms with Crippen LogP contribution < -0.4 is 5.32 Å². The summed E-state index contributed by atoms with van der Waals surface area (Å²) in [5.74, 6) is 0.851. The van der Waals surface area contributed by atoms with Crippen LogP contribution in [-0.2, 0) is 4.79 Å². The summed E-state index contributed by atoms with van der Waals surface area (Å²) >= 11 is 6.30. The first kappa shape index (κ1) is 16.4. The van der Waals surface area contributed by atoms with Gasteiger partial charge in [0.15, 0.2) is 0 Å². The van der Waals surface area contributed by atoms with Crippen molar-refractivity contribution in [1.82, 2.24) is 5.32 Å². The van der Waals surface area contributed by atoms with E-state index in [-0.39, 0.29) is 17.2 Å². The number of benzene rings is 1. The first-order valence-corrected chi connectivity index (χ1v) is 8.53. The lowest BCUT2D eigenvalue weighted by atomic mass is 9.85. The summed E-state index contributed by atoms with van der Waals surface area (Å²) in [5.41, 5.74) is 1.11. The van der Waals surface area contributed by atoms with Crippen LogP contribution in [0.5, 0.6) is 0 Å². The lowest BCUT2D eigenvalue weighted by molar-refractivity contribution is -0.123. The fraction of sp³-hybridized carbons (Fsp3) is 0.611. The molecule has 0 spiro atoms. The zero-order valence-corrected chi connectivity index (χ0v) is 13.8. The van der Waals surface area contributed by atoms with Crippen LogP contribution in [0.1, 0.15) is 51.0 Å². The van der Waals surface area contributed by atoms with Crippen molar-refractivity contribution < 1.29 is 4.79 Å². The van der Waals surface area contributed by atoms with Gasteiger partial charge in [-0.25, -0.2) is 0 Å². The molecule has 1 amide bonds. The van der Waals surface area contributed by atoms with Crippen LogP contribution in [0.15, 0.2) is 30.3 Å². The van der Waals surface area contributed by atoms with Gasteiger partial charge in [0.1, 0.15) is 0 Å². The van der Waals surface area contributed by atoms with Gasteiger partial charge in [0.2, 0.25) is 5.91 Å². The second-order valence-corrected chi connectivity index (χ2v) is 6.79. The van der Waals surface area contributed by atoms with Crippen molar-refractivity contribution in [2.45, 2.75) is 50.8 Å². The quantitative estimate of drug-likeness (QED) is 0.778. The summed E-state index contributed by atoms with van der Waals surface area (Å²) in [4.78, 5) is 12.7. The molecule has 4 atom stereocenters. The Bertz CT molecular complexity index is 448. The minimum Gasteiger partial charge on any atom is -0.355 e. The molecule has 1 saturated carbocycles. The van der Waals surface area contributed by atoms with Gasteiger partial charge in [-0.3, -0.25) is 4.79 Å². The van der Waals surface area contributed by atoms with Gasteiger partial charge < -0.3 is 5.32 Å². The molecule has 0 saturated heterocycles. The second kappa shape index (κ2) is 7.84. The molecule has 1 aliphatic carbocycles. The van der Waals surface area contributed by atoms with E-state index in [0.29, 0.717) is 18.4 Å². The molecule has 1 N–H and O–H groups in total. The smallest absolute Gasteiger partial charge is 0.227 e. The highest BCUT2D eigenvalue weighted by Gasteiger charge is 2.29. The molecule has 1 aromatic carbocycles. The highest BCUT2D eigenvalue weighted by atomic mass is 35.5. The Morgan fingerprint density at radius 2 is 2.05 bits per heavy atom. The number of carbonyl (C=O) groups excluding carboxylic acids is 1. The van der Waals surface area contributed by atoms with Crippen molar-refractivity contribution >= 4 is 17.5 Å². The Morgan fingerprint density at radius 3 is 2.62 bits per heavy atom. The second-order valence-electron chi connectivity index (χ2n) is 6.23. The van der Waals surface area contributed by atoms with E-state index in [1.54, 1.807) is 0 Å². The molecule has 4 unspecified atom stereocenters. The van der Waals surface area contributed by atoms with Gasteiger partial charge in [-0.1, -0.05) is 57.0 Å². The molecule has 0 bridgehead atoms. The largest absolute Gasteiger partial charge is 0.355 e. The van der Waals surface area contributed by atoms with Crippen LogP contribution in [0.4, 0.5) is 0 Å². The lowest BCUT2D eigenvalue weighted by Crippen LogP contribution is -2.36. The first-order valence-electron chi connectivity index (χ1n) is 8.10. The van der Waals surface area contributed by atoms with Crippen molar-refractivity contribution in [2.75, 3.05) is 6.54 Å². The summed E-state index contributed by atoms with van der Waals surface area (Å²) in [6.07, 6.45) is 4.39. The molecule has 0 heterocycles. The SMILES string of the molecule is CCC(C)C(C(=O)NCC1CCCC1Cl)c1ccccc1. The van der Waals surface area contributed by atoms with E-state index in [1.165, 1.54) is 6.42 Å². The van der Waals surface area contributed by atoms with Gasteiger partial charge in [0.05, 0.1) is 5.92 Å². The van der Waals surface area contributed by atoms with E-state index >= 15 is 0 Å². The number of nitrogens with one attached hydrogen (secondary N) is 1. The topological polar surface area (TPSA) is 29.1 Å². The van der Waals surface area contributed by atoms with Crippen LogP contribution >= 0.6 is 11.6 Å². The Kier molecular flexibility index (Phi) is 6.10. The Morgan fingerprint density at radius 1 is 1.33 bits per heavy atom. The van der Waals surface area contributed by atoms with Crippen molar-refractivity contribution in [3.8, 4) is 0 Å². The molecule has 1 aromatic rings. The van der Waals surface area contributed by atoms with Crippen LogP contribution in [0.2, 0.25) is 0 Å². The minimum absolute atomic E-state index is 0.0635. The summed E-state index contributed by atoms with van der Waals surface area (Å²) in [7, 11) is 0. The van der Waals surface area contributed by atoms with Gasteiger partial charge in [-0.05, 0) is 30.2 Å². The number of amides is 1. The minimum atomic E-state index is -0.0635. The molecule has 0 aromatic heterocycles. The summed E-state index contributed by atoms with van der Waals surface area (Å²) < 4.78 is 0. The van der Waals surface area contributed by atoms with Crippen LogP contribution in [0.3, 0.4) is 0 Å². The number of rotatable bonds is 6. The fourth-order valence-corrected chi connectivity index (χ4v) is 3.57. The van der Waals surface area contributed by atoms with E-state index in [1.807, 2.05) is 18.2 Å². The molecule has 1 fully saturated rings. The van der Waals surface area contributed by atoms with E-state index in [2.05, 4.69) is 31.3 Å². The predicted molar refractivity (Wildman–Crippen MR) is 88.6 cm³/mol. The van der Waals surface area contributed by atoms with Crippen molar-refractivity contribution in [2.24, 2.45) is 11.8 Å². The monoisotopic (exact) mass is 307 g/mol. The van der Waals surface area contributed by atoms with Gasteiger partial charge in [-0.15, -0.1) is 11.6 Å². The van der Waals surface area contributed by atoms with Crippen molar-refractivity contribution in [1.29, 1.82) is 0 Å². The molecule has 116 valence electrons. The van der Waals surface area contributed by atoms with E-state index in [4.69, 9.17) is 11.6 Å². The maximum atomic E-state index is 12.7. The number of hydrogen-bond donors (Lipinski definition) is 1. The van der Waals surface area contributed by atoms with Gasteiger partial charge >= 0.3 is 0 Å². The molecular weight excluding hydrogens is 282 g/mol. The maximum Gasteiger partial charge on any atom is 0.227 e. The molecule has 2 nitrogen and oxygen atoms in total.